The van der Waals surface area contributed by atoms with Gasteiger partial charge in [0.15, 0.2) is 0 Å². The molecule has 0 aromatic heterocycles. The van der Waals surface area contributed by atoms with E-state index in [4.69, 9.17) is 21.1 Å². The molecule has 0 fully saturated rings. The zero-order valence-electron chi connectivity index (χ0n) is 17.7. The summed E-state index contributed by atoms with van der Waals surface area (Å²) in [5, 5.41) is 6.85. The number of hydrogen-bond acceptors (Lipinski definition) is 4. The lowest BCUT2D eigenvalue weighted by molar-refractivity contribution is -0.142. The molecule has 0 aliphatic carbocycles. The predicted molar refractivity (Wildman–Crippen MR) is 126 cm³/mol. The molecule has 162 valence electrons. The number of methoxy groups -OCH3 is 2. The Morgan fingerprint density at radius 2 is 1.53 bits per heavy atom. The number of ether oxygens (including phenoxy) is 2. The lowest BCUT2D eigenvalue weighted by Gasteiger charge is -2.19. The van der Waals surface area contributed by atoms with Crippen molar-refractivity contribution in [3.05, 3.63) is 88.9 Å². The van der Waals surface area contributed by atoms with Gasteiger partial charge in [0, 0.05) is 6.42 Å². The fraction of sp³-hybridized carbons (Fsp3) is 0.154. The van der Waals surface area contributed by atoms with Gasteiger partial charge in [0.05, 0.1) is 24.8 Å². The standard InChI is InChI=1S/C26H22ClNO4/c1-31-23-12-11-16(13-21(23)27)14-22(26(30)32-2)28-25(29)24-19-9-5-3-7-17(19)15-18-8-4-6-10-20(18)24/h3-13,15,22H,14H2,1-2H3,(H,28,29)/t22-/m1/s1. The van der Waals surface area contributed by atoms with Gasteiger partial charge < -0.3 is 14.8 Å². The van der Waals surface area contributed by atoms with Crippen LogP contribution in [0.2, 0.25) is 5.02 Å². The first-order valence-corrected chi connectivity index (χ1v) is 10.5. The van der Waals surface area contributed by atoms with E-state index in [2.05, 4.69) is 11.4 Å². The molecule has 0 saturated heterocycles. The largest absolute Gasteiger partial charge is 0.495 e. The summed E-state index contributed by atoms with van der Waals surface area (Å²) in [4.78, 5) is 26.0. The van der Waals surface area contributed by atoms with Crippen molar-refractivity contribution in [1.29, 1.82) is 0 Å². The second-order valence-electron chi connectivity index (χ2n) is 7.42. The Morgan fingerprint density at radius 3 is 2.09 bits per heavy atom. The summed E-state index contributed by atoms with van der Waals surface area (Å²) in [6, 6.07) is 21.8. The van der Waals surface area contributed by atoms with Gasteiger partial charge in [-0.15, -0.1) is 0 Å². The molecule has 0 saturated carbocycles. The maximum absolute atomic E-state index is 13.5. The highest BCUT2D eigenvalue weighted by Crippen LogP contribution is 2.29. The molecule has 0 heterocycles. The third-order valence-electron chi connectivity index (χ3n) is 5.45. The molecule has 4 rings (SSSR count). The molecule has 0 radical (unpaired) electrons. The van der Waals surface area contributed by atoms with E-state index in [9.17, 15) is 9.59 Å². The molecule has 5 nitrogen and oxygen atoms in total. The van der Waals surface area contributed by atoms with Crippen LogP contribution in [-0.2, 0) is 16.0 Å². The number of esters is 1. The number of nitrogens with one attached hydrogen (secondary N) is 1. The zero-order valence-corrected chi connectivity index (χ0v) is 18.5. The van der Waals surface area contributed by atoms with Gasteiger partial charge in [-0.1, -0.05) is 66.2 Å². The summed E-state index contributed by atoms with van der Waals surface area (Å²) in [5.74, 6) is -0.334. The van der Waals surface area contributed by atoms with Gasteiger partial charge >= 0.3 is 5.97 Å². The van der Waals surface area contributed by atoms with Crippen LogP contribution in [0.1, 0.15) is 15.9 Å². The number of hydrogen-bond donors (Lipinski definition) is 1. The summed E-state index contributed by atoms with van der Waals surface area (Å²) in [6.07, 6.45) is 0.227. The van der Waals surface area contributed by atoms with Crippen molar-refractivity contribution in [3.63, 3.8) is 0 Å². The molecule has 4 aromatic carbocycles. The minimum Gasteiger partial charge on any atom is -0.495 e. The van der Waals surface area contributed by atoms with Crippen molar-refractivity contribution in [3.8, 4) is 5.75 Å². The van der Waals surface area contributed by atoms with Crippen LogP contribution in [0.3, 0.4) is 0 Å². The van der Waals surface area contributed by atoms with Gasteiger partial charge in [0.25, 0.3) is 5.91 Å². The number of halogens is 1. The van der Waals surface area contributed by atoms with Crippen molar-refractivity contribution in [1.82, 2.24) is 5.32 Å². The fourth-order valence-corrected chi connectivity index (χ4v) is 4.18. The van der Waals surface area contributed by atoms with E-state index >= 15 is 0 Å². The monoisotopic (exact) mass is 447 g/mol. The molecule has 6 heteroatoms. The summed E-state index contributed by atoms with van der Waals surface area (Å²) in [6.45, 7) is 0. The molecular weight excluding hydrogens is 426 g/mol. The average molecular weight is 448 g/mol. The van der Waals surface area contributed by atoms with Gasteiger partial charge in [0.1, 0.15) is 11.8 Å². The summed E-state index contributed by atoms with van der Waals surface area (Å²) in [5.41, 5.74) is 1.30. The van der Waals surface area contributed by atoms with Crippen LogP contribution in [-0.4, -0.2) is 32.1 Å². The van der Waals surface area contributed by atoms with Crippen LogP contribution >= 0.6 is 11.6 Å². The molecule has 0 aliphatic rings. The van der Waals surface area contributed by atoms with Crippen molar-refractivity contribution in [2.24, 2.45) is 0 Å². The minimum absolute atomic E-state index is 0.227. The van der Waals surface area contributed by atoms with Gasteiger partial charge in [-0.3, -0.25) is 4.79 Å². The third-order valence-corrected chi connectivity index (χ3v) is 5.74. The lowest BCUT2D eigenvalue weighted by Crippen LogP contribution is -2.43. The molecule has 1 N–H and O–H groups in total. The van der Waals surface area contributed by atoms with E-state index in [0.29, 0.717) is 16.3 Å². The molecule has 32 heavy (non-hydrogen) atoms. The molecule has 4 aromatic rings. The van der Waals surface area contributed by atoms with E-state index < -0.39 is 12.0 Å². The summed E-state index contributed by atoms with van der Waals surface area (Å²) < 4.78 is 10.1. The Bertz CT molecular complexity index is 1260. The summed E-state index contributed by atoms with van der Waals surface area (Å²) in [7, 11) is 2.84. The normalized spacial score (nSPS) is 11.8. The van der Waals surface area contributed by atoms with Gasteiger partial charge in [0.2, 0.25) is 0 Å². The second-order valence-corrected chi connectivity index (χ2v) is 7.82. The Morgan fingerprint density at radius 1 is 0.906 bits per heavy atom. The maximum Gasteiger partial charge on any atom is 0.328 e. The molecule has 1 amide bonds. The number of benzene rings is 4. The average Bonchev–Trinajstić information content (AvgIpc) is 2.81. The second kappa shape index (κ2) is 9.28. The van der Waals surface area contributed by atoms with E-state index in [1.807, 2.05) is 48.5 Å². The topological polar surface area (TPSA) is 64.6 Å². The van der Waals surface area contributed by atoms with Crippen LogP contribution in [0.25, 0.3) is 21.5 Å². The number of rotatable bonds is 6. The highest BCUT2D eigenvalue weighted by molar-refractivity contribution is 6.32. The van der Waals surface area contributed by atoms with Gasteiger partial charge in [-0.25, -0.2) is 4.79 Å². The highest BCUT2D eigenvalue weighted by atomic mass is 35.5. The third kappa shape index (κ3) is 4.25. The molecular formula is C26H22ClNO4. The van der Waals surface area contributed by atoms with Crippen molar-refractivity contribution in [2.45, 2.75) is 12.5 Å². The van der Waals surface area contributed by atoms with Crippen LogP contribution in [0.4, 0.5) is 0 Å². The molecule has 0 unspecified atom stereocenters. The van der Waals surface area contributed by atoms with Crippen LogP contribution < -0.4 is 10.1 Å². The Kier molecular flexibility index (Phi) is 6.28. The number of carbonyl (C=O) groups excluding carboxylic acids is 2. The smallest absolute Gasteiger partial charge is 0.328 e. The Hall–Kier alpha value is -3.57. The van der Waals surface area contributed by atoms with Crippen LogP contribution in [0.5, 0.6) is 5.75 Å². The Balaban J connectivity index is 1.72. The van der Waals surface area contributed by atoms with Crippen molar-refractivity contribution < 1.29 is 19.1 Å². The number of fused-ring (bicyclic) bond motifs is 2. The van der Waals surface area contributed by atoms with E-state index in [1.54, 1.807) is 18.2 Å². The predicted octanol–water partition coefficient (Wildman–Crippen LogP) is 5.17. The van der Waals surface area contributed by atoms with E-state index in [0.717, 1.165) is 27.1 Å². The fourth-order valence-electron chi connectivity index (χ4n) is 3.90. The number of amides is 1. The highest BCUT2D eigenvalue weighted by Gasteiger charge is 2.25. The van der Waals surface area contributed by atoms with Crippen LogP contribution in [0, 0.1) is 0 Å². The molecule has 1 atom stereocenters. The first kappa shape index (κ1) is 21.7. The van der Waals surface area contributed by atoms with Gasteiger partial charge in [-0.2, -0.15) is 0 Å². The molecule has 0 spiro atoms. The molecule has 0 bridgehead atoms. The quantitative estimate of drug-likeness (QED) is 0.327. The molecule has 0 aliphatic heterocycles. The lowest BCUT2D eigenvalue weighted by atomic mass is 9.95. The number of carbonyl (C=O) groups is 2. The Labute approximate surface area is 190 Å². The van der Waals surface area contributed by atoms with E-state index in [-0.39, 0.29) is 12.3 Å². The van der Waals surface area contributed by atoms with Crippen molar-refractivity contribution in [2.75, 3.05) is 14.2 Å². The maximum atomic E-state index is 13.5. The van der Waals surface area contributed by atoms with Crippen molar-refractivity contribution >= 4 is 45.0 Å². The van der Waals surface area contributed by atoms with E-state index in [1.165, 1.54) is 14.2 Å². The zero-order chi connectivity index (χ0) is 22.7. The summed E-state index contributed by atoms with van der Waals surface area (Å²) >= 11 is 6.23. The van der Waals surface area contributed by atoms with Crippen LogP contribution in [0.15, 0.2) is 72.8 Å². The first-order chi connectivity index (χ1) is 15.5. The van der Waals surface area contributed by atoms with Gasteiger partial charge in [-0.05, 0) is 45.3 Å². The minimum atomic E-state index is -0.880. The SMILES string of the molecule is COC(=O)[C@@H](Cc1ccc(OC)c(Cl)c1)NC(=O)c1c2ccccc2cc2ccccc12. The first-order valence-electron chi connectivity index (χ1n) is 10.1.